The van der Waals surface area contributed by atoms with Gasteiger partial charge in [-0.25, -0.2) is 15.0 Å². The summed E-state index contributed by atoms with van der Waals surface area (Å²) in [6.07, 6.45) is 2.42. The van der Waals surface area contributed by atoms with Crippen LogP contribution in [0.4, 0.5) is 14.6 Å². The number of hydrogen-bond acceptors (Lipinski definition) is 11. The maximum atomic E-state index is 15.0. The number of nitrogens with zero attached hydrogens (tertiary/aromatic N) is 2. The first-order valence-electron chi connectivity index (χ1n) is 15.1. The largest absolute Gasteiger partial charge is 0.461 e. The maximum absolute atomic E-state index is 15.0. The number of rotatable bonds is 12. The first-order chi connectivity index (χ1) is 20.8. The lowest BCUT2D eigenvalue weighted by atomic mass is 9.98. The molecule has 1 aromatic heterocycles. The Morgan fingerprint density at radius 1 is 1.07 bits per heavy atom. The number of carbonyl (C=O) groups is 2. The summed E-state index contributed by atoms with van der Waals surface area (Å²) in [4.78, 5) is 41.3. The highest BCUT2D eigenvalue weighted by Crippen LogP contribution is 2.45. The number of anilines is 1. The zero-order valence-corrected chi connectivity index (χ0v) is 25.8. The third kappa shape index (κ3) is 8.61. The van der Waals surface area contributed by atoms with E-state index in [1.807, 2.05) is 0 Å². The van der Waals surface area contributed by atoms with Crippen LogP contribution in [0.1, 0.15) is 84.3 Å². The molecule has 0 bridgehead atoms. The van der Waals surface area contributed by atoms with Crippen molar-refractivity contribution in [1.82, 2.24) is 19.7 Å². The van der Waals surface area contributed by atoms with Crippen LogP contribution in [0, 0.1) is 0 Å². The Morgan fingerprint density at radius 2 is 1.57 bits per heavy atom. The van der Waals surface area contributed by atoms with Crippen LogP contribution in [0.25, 0.3) is 0 Å². The zero-order chi connectivity index (χ0) is 32.1. The number of aliphatic hydroxyl groups is 1. The Labute approximate surface area is 253 Å². The van der Waals surface area contributed by atoms with Gasteiger partial charge in [-0.3, -0.25) is 18.7 Å². The van der Waals surface area contributed by atoms with Gasteiger partial charge in [0.25, 0.3) is 0 Å². The molecular weight excluding hydrogens is 607 g/mol. The summed E-state index contributed by atoms with van der Waals surface area (Å²) in [5, 5.41) is 15.5. The predicted octanol–water partition coefficient (Wildman–Crippen LogP) is 2.55. The highest BCUT2D eigenvalue weighted by atomic mass is 31.2. The van der Waals surface area contributed by atoms with E-state index < -0.39 is 68.3 Å². The molecule has 0 spiro atoms. The van der Waals surface area contributed by atoms with E-state index in [0.717, 1.165) is 50.8 Å². The van der Waals surface area contributed by atoms with Gasteiger partial charge in [0.2, 0.25) is 6.23 Å². The van der Waals surface area contributed by atoms with Crippen LogP contribution in [0.3, 0.4) is 0 Å². The van der Waals surface area contributed by atoms with E-state index in [1.54, 1.807) is 0 Å². The van der Waals surface area contributed by atoms with Crippen LogP contribution in [0.5, 0.6) is 0 Å². The van der Waals surface area contributed by atoms with Gasteiger partial charge in [-0.1, -0.05) is 12.8 Å². The number of ether oxygens (including phenoxy) is 3. The quantitative estimate of drug-likeness (QED) is 0.191. The summed E-state index contributed by atoms with van der Waals surface area (Å²) in [6, 6.07) is -1.28. The molecular formula is C27H42F2N5O9P. The van der Waals surface area contributed by atoms with Gasteiger partial charge in [-0.15, -0.1) is 0 Å². The third-order valence-electron chi connectivity index (χ3n) is 8.01. The summed E-state index contributed by atoms with van der Waals surface area (Å²) in [5.74, 6) is -5.59. The number of aliphatic hydroxyl groups excluding tert-OH is 1. The molecule has 5 atom stereocenters. The van der Waals surface area contributed by atoms with Crippen molar-refractivity contribution < 1.29 is 46.8 Å². The molecule has 0 amide bonds. The molecule has 17 heteroatoms. The minimum absolute atomic E-state index is 0.196. The second-order valence-electron chi connectivity index (χ2n) is 11.6. The van der Waals surface area contributed by atoms with Gasteiger partial charge < -0.3 is 29.6 Å². The number of hydrogen-bond donors (Lipinski definition) is 4. The average Bonchev–Trinajstić information content (AvgIpc) is 3.20. The van der Waals surface area contributed by atoms with Crippen molar-refractivity contribution in [3.8, 4) is 0 Å². The van der Waals surface area contributed by atoms with Gasteiger partial charge in [0.1, 0.15) is 36.2 Å². The lowest BCUT2D eigenvalue weighted by Crippen LogP contribution is -2.45. The van der Waals surface area contributed by atoms with Crippen molar-refractivity contribution in [1.29, 1.82) is 0 Å². The molecule has 248 valence electrons. The first kappa shape index (κ1) is 34.4. The summed E-state index contributed by atoms with van der Waals surface area (Å²) in [5.41, 5.74) is 4.31. The standard InChI is InChI=1S/C27H42F2N5O9P/c1-16(23(36)41-18-9-5-3-6-10-18)32-44(39,33-17(2)24(37)42-19-11-7-4-8-12-19)40-15-20-22(35)27(28,29)25(43-20)34-14-13-21(30)31-26(34)38/h13-14,16-20,22,25,35H,3-12,15H2,1-2H3,(H2,30,31,38)(H2,32,33,39)/t16-,17-,20+,22+,25+/m0/s1. The number of carbonyl (C=O) groups excluding carboxylic acids is 2. The molecule has 0 aromatic carbocycles. The van der Waals surface area contributed by atoms with E-state index in [1.165, 1.54) is 13.8 Å². The van der Waals surface area contributed by atoms with Gasteiger partial charge in [0.05, 0.1) is 6.61 Å². The summed E-state index contributed by atoms with van der Waals surface area (Å²) < 4.78 is 66.5. The number of esters is 2. The minimum atomic E-state index is -4.41. The Bertz CT molecular complexity index is 1210. The molecule has 14 nitrogen and oxygen atoms in total. The van der Waals surface area contributed by atoms with E-state index in [-0.39, 0.29) is 18.0 Å². The van der Waals surface area contributed by atoms with Gasteiger partial charge >= 0.3 is 31.2 Å². The van der Waals surface area contributed by atoms with Crippen LogP contribution < -0.4 is 21.6 Å². The number of halogens is 2. The zero-order valence-electron chi connectivity index (χ0n) is 24.9. The highest BCUT2D eigenvalue weighted by Gasteiger charge is 2.60. The molecule has 5 N–H and O–H groups in total. The van der Waals surface area contributed by atoms with Crippen molar-refractivity contribution in [2.24, 2.45) is 0 Å². The van der Waals surface area contributed by atoms with Crippen molar-refractivity contribution in [2.75, 3.05) is 12.3 Å². The van der Waals surface area contributed by atoms with Crippen LogP contribution in [0.15, 0.2) is 17.1 Å². The molecule has 0 unspecified atom stereocenters. The summed E-state index contributed by atoms with van der Waals surface area (Å²) in [7, 11) is -4.41. The molecule has 1 aromatic rings. The molecule has 2 saturated carbocycles. The summed E-state index contributed by atoms with van der Waals surface area (Å²) >= 11 is 0. The van der Waals surface area contributed by atoms with Gasteiger partial charge in [-0.05, 0) is 71.3 Å². The van der Waals surface area contributed by atoms with Crippen molar-refractivity contribution in [2.45, 2.75) is 127 Å². The SMILES string of the molecule is C[C@H](NP(=O)(N[C@@H](C)C(=O)OC1CCCCC1)OC[C@H]1O[C@@H](n2ccc(N)nc2=O)C(F)(F)[C@@H]1O)C(=O)OC1CCCCC1. The van der Waals surface area contributed by atoms with Crippen LogP contribution in [0.2, 0.25) is 0 Å². The fourth-order valence-corrected chi connectivity index (χ4v) is 7.33. The molecule has 4 rings (SSSR count). The molecule has 0 radical (unpaired) electrons. The van der Waals surface area contributed by atoms with Gasteiger partial charge in [0, 0.05) is 6.20 Å². The monoisotopic (exact) mass is 649 g/mol. The van der Waals surface area contributed by atoms with Crippen molar-refractivity contribution >= 4 is 25.4 Å². The Hall–Kier alpha value is -2.49. The average molecular weight is 650 g/mol. The molecule has 3 fully saturated rings. The van der Waals surface area contributed by atoms with Gasteiger partial charge in [0.15, 0.2) is 6.10 Å². The molecule has 44 heavy (non-hydrogen) atoms. The predicted molar refractivity (Wildman–Crippen MR) is 152 cm³/mol. The van der Waals surface area contributed by atoms with Crippen LogP contribution in [-0.2, 0) is 32.9 Å². The van der Waals surface area contributed by atoms with Crippen molar-refractivity contribution in [3.63, 3.8) is 0 Å². The van der Waals surface area contributed by atoms with Crippen LogP contribution >= 0.6 is 7.67 Å². The Kier molecular flexibility index (Phi) is 11.5. The molecule has 1 aliphatic heterocycles. The molecule has 1 saturated heterocycles. The number of nitrogens with one attached hydrogen (secondary N) is 2. The van der Waals surface area contributed by atoms with E-state index in [9.17, 15) is 24.1 Å². The van der Waals surface area contributed by atoms with E-state index in [4.69, 9.17) is 24.5 Å². The third-order valence-corrected chi connectivity index (χ3v) is 9.98. The highest BCUT2D eigenvalue weighted by molar-refractivity contribution is 7.54. The van der Waals surface area contributed by atoms with Crippen molar-refractivity contribution in [3.05, 3.63) is 22.7 Å². The number of nitrogens with two attached hydrogens (primary N) is 1. The molecule has 2 aliphatic carbocycles. The lowest BCUT2D eigenvalue weighted by Gasteiger charge is -2.29. The van der Waals surface area contributed by atoms with Gasteiger partial charge in [-0.2, -0.15) is 13.8 Å². The number of aromatic nitrogens is 2. The topological polar surface area (TPSA) is 193 Å². The normalized spacial score (nSPS) is 26.2. The van der Waals surface area contributed by atoms with E-state index in [0.29, 0.717) is 30.3 Å². The number of alkyl halides is 2. The van der Waals surface area contributed by atoms with E-state index >= 15 is 8.78 Å². The molecule has 2 heterocycles. The maximum Gasteiger partial charge on any atom is 0.351 e. The second-order valence-corrected chi connectivity index (χ2v) is 13.5. The molecule has 3 aliphatic rings. The first-order valence-corrected chi connectivity index (χ1v) is 16.7. The fraction of sp³-hybridized carbons (Fsp3) is 0.778. The smallest absolute Gasteiger partial charge is 0.351 e. The fourth-order valence-electron chi connectivity index (χ4n) is 5.51. The second kappa shape index (κ2) is 14.7. The summed E-state index contributed by atoms with van der Waals surface area (Å²) in [6.45, 7) is 1.90. The van der Waals surface area contributed by atoms with Crippen LogP contribution in [-0.4, -0.2) is 75.6 Å². The lowest BCUT2D eigenvalue weighted by molar-refractivity contribution is -0.152. The Morgan fingerprint density at radius 3 is 2.05 bits per heavy atom. The minimum Gasteiger partial charge on any atom is -0.461 e. The van der Waals surface area contributed by atoms with E-state index in [2.05, 4.69) is 15.2 Å². The number of nitrogen functional groups attached to an aromatic ring is 1. The Balaban J connectivity index is 1.46.